The largest absolute Gasteiger partial charge is 0.511 e. The van der Waals surface area contributed by atoms with E-state index < -0.39 is 0 Å². The quantitative estimate of drug-likeness (QED) is 0.851. The van der Waals surface area contributed by atoms with Gasteiger partial charge in [0.05, 0.1) is 10.8 Å². The summed E-state index contributed by atoms with van der Waals surface area (Å²) in [5.74, 6) is 0.256. The van der Waals surface area contributed by atoms with Gasteiger partial charge in [-0.3, -0.25) is 0 Å². The number of hydrogen-bond donors (Lipinski definition) is 1. The first-order valence-electron chi connectivity index (χ1n) is 6.48. The molecule has 0 bridgehead atoms. The molecule has 0 unspecified atom stereocenters. The van der Waals surface area contributed by atoms with Crippen LogP contribution >= 0.6 is 0 Å². The van der Waals surface area contributed by atoms with Gasteiger partial charge in [0.15, 0.2) is 0 Å². The standard InChI is InChI=1S/C16H15NO3/c1-16(2)8-11(18)14-12(9-16)20-15(17-19)13(14)10-6-4-3-5-7-10/h3-7,9,18H,8H2,1-2H3. The maximum Gasteiger partial charge on any atom is 0.269 e. The smallest absolute Gasteiger partial charge is 0.269 e. The third-order valence-corrected chi connectivity index (χ3v) is 3.50. The Labute approximate surface area is 116 Å². The van der Waals surface area contributed by atoms with E-state index >= 15 is 0 Å². The van der Waals surface area contributed by atoms with Crippen LogP contribution in [0.15, 0.2) is 39.9 Å². The van der Waals surface area contributed by atoms with E-state index in [1.807, 2.05) is 50.3 Å². The Hall–Kier alpha value is -2.36. The van der Waals surface area contributed by atoms with Crippen LogP contribution in [0.3, 0.4) is 0 Å². The molecule has 4 heteroatoms. The molecule has 1 aliphatic carbocycles. The molecule has 0 amide bonds. The molecule has 1 N–H and O–H groups in total. The Morgan fingerprint density at radius 2 is 1.95 bits per heavy atom. The van der Waals surface area contributed by atoms with Gasteiger partial charge >= 0.3 is 0 Å². The number of furan rings is 1. The summed E-state index contributed by atoms with van der Waals surface area (Å²) in [7, 11) is 0. The zero-order valence-corrected chi connectivity index (χ0v) is 11.4. The van der Waals surface area contributed by atoms with E-state index in [-0.39, 0.29) is 17.1 Å². The van der Waals surface area contributed by atoms with Crippen molar-refractivity contribution in [3.8, 4) is 11.1 Å². The fourth-order valence-electron chi connectivity index (χ4n) is 2.69. The van der Waals surface area contributed by atoms with Gasteiger partial charge in [-0.25, -0.2) is 0 Å². The van der Waals surface area contributed by atoms with E-state index in [1.54, 1.807) is 0 Å². The maximum atomic E-state index is 11.0. The second-order valence-electron chi connectivity index (χ2n) is 5.74. The summed E-state index contributed by atoms with van der Waals surface area (Å²) in [6.45, 7) is 4.01. The summed E-state index contributed by atoms with van der Waals surface area (Å²) in [5.41, 5.74) is 1.70. The number of aliphatic hydroxyl groups is 1. The Morgan fingerprint density at radius 1 is 1.25 bits per heavy atom. The third kappa shape index (κ3) is 1.93. The molecule has 1 aromatic heterocycles. The number of fused-ring (bicyclic) bond motifs is 1. The van der Waals surface area contributed by atoms with E-state index in [4.69, 9.17) is 4.42 Å². The number of rotatable bonds is 2. The molecule has 102 valence electrons. The average Bonchev–Trinajstić information content (AvgIpc) is 2.76. The number of benzene rings is 1. The Kier molecular flexibility index (Phi) is 2.74. The van der Waals surface area contributed by atoms with Crippen LogP contribution < -0.4 is 10.6 Å². The van der Waals surface area contributed by atoms with Gasteiger partial charge in [-0.1, -0.05) is 44.2 Å². The molecule has 1 aliphatic rings. The Balaban J connectivity index is 2.42. The molecule has 20 heavy (non-hydrogen) atoms. The summed E-state index contributed by atoms with van der Waals surface area (Å²) < 4.78 is 5.53. The lowest BCUT2D eigenvalue weighted by Crippen LogP contribution is -2.33. The number of nitroso groups, excluding NO2 is 1. The van der Waals surface area contributed by atoms with Gasteiger partial charge in [-0.05, 0) is 17.1 Å². The van der Waals surface area contributed by atoms with Crippen LogP contribution in [-0.4, -0.2) is 5.11 Å². The van der Waals surface area contributed by atoms with Crippen molar-refractivity contribution in [2.24, 2.45) is 10.6 Å². The Bertz CT molecular complexity index is 785. The van der Waals surface area contributed by atoms with Crippen LogP contribution in [0.2, 0.25) is 0 Å². The van der Waals surface area contributed by atoms with E-state index in [1.165, 1.54) is 0 Å². The molecule has 3 rings (SSSR count). The van der Waals surface area contributed by atoms with Gasteiger partial charge in [-0.15, -0.1) is 4.91 Å². The van der Waals surface area contributed by atoms with E-state index in [0.717, 1.165) is 5.56 Å². The predicted molar refractivity (Wildman–Crippen MR) is 77.7 cm³/mol. The van der Waals surface area contributed by atoms with Gasteiger partial charge in [0, 0.05) is 11.6 Å². The van der Waals surface area contributed by atoms with E-state index in [9.17, 15) is 10.0 Å². The maximum absolute atomic E-state index is 11.0. The van der Waals surface area contributed by atoms with Crippen LogP contribution in [0.4, 0.5) is 5.88 Å². The highest BCUT2D eigenvalue weighted by Gasteiger charge is 2.26. The van der Waals surface area contributed by atoms with Crippen molar-refractivity contribution in [2.45, 2.75) is 20.3 Å². The first-order valence-corrected chi connectivity index (χ1v) is 6.48. The molecule has 0 atom stereocenters. The molecule has 1 heterocycles. The molecule has 0 saturated heterocycles. The summed E-state index contributed by atoms with van der Waals surface area (Å²) in [4.78, 5) is 11.0. The van der Waals surface area contributed by atoms with Crippen LogP contribution in [0.25, 0.3) is 23.0 Å². The van der Waals surface area contributed by atoms with Gasteiger partial charge in [-0.2, -0.15) is 0 Å². The molecule has 0 spiro atoms. The highest BCUT2D eigenvalue weighted by molar-refractivity contribution is 5.76. The fourth-order valence-corrected chi connectivity index (χ4v) is 2.69. The van der Waals surface area contributed by atoms with Crippen molar-refractivity contribution < 1.29 is 9.52 Å². The van der Waals surface area contributed by atoms with Crippen molar-refractivity contribution >= 4 is 17.7 Å². The summed E-state index contributed by atoms with van der Waals surface area (Å²) in [5, 5.41) is 13.9. The lowest BCUT2D eigenvalue weighted by atomic mass is 9.84. The minimum absolute atomic E-state index is 0.0155. The third-order valence-electron chi connectivity index (χ3n) is 3.50. The zero-order valence-electron chi connectivity index (χ0n) is 11.4. The molecule has 0 aliphatic heterocycles. The Morgan fingerprint density at radius 3 is 2.60 bits per heavy atom. The molecule has 0 saturated carbocycles. The van der Waals surface area contributed by atoms with Crippen molar-refractivity contribution in [3.63, 3.8) is 0 Å². The minimum Gasteiger partial charge on any atom is -0.511 e. The average molecular weight is 269 g/mol. The van der Waals surface area contributed by atoms with Gasteiger partial charge in [0.25, 0.3) is 5.88 Å². The SMILES string of the molecule is CC1(C)C=c2oc(N=O)c(-c3ccccc3)c2=C(O)C1. The topological polar surface area (TPSA) is 62.8 Å². The van der Waals surface area contributed by atoms with Crippen molar-refractivity contribution in [3.05, 3.63) is 45.9 Å². The molecule has 2 aromatic rings. The minimum atomic E-state index is -0.205. The first-order chi connectivity index (χ1) is 9.52. The second kappa shape index (κ2) is 4.34. The molecular formula is C16H15NO3. The highest BCUT2D eigenvalue weighted by atomic mass is 16.4. The zero-order chi connectivity index (χ0) is 14.3. The van der Waals surface area contributed by atoms with Gasteiger partial charge in [0.1, 0.15) is 11.2 Å². The highest BCUT2D eigenvalue weighted by Crippen LogP contribution is 2.32. The van der Waals surface area contributed by atoms with Crippen LogP contribution in [0.1, 0.15) is 20.3 Å². The summed E-state index contributed by atoms with van der Waals surface area (Å²) >= 11 is 0. The van der Waals surface area contributed by atoms with Crippen LogP contribution in [-0.2, 0) is 0 Å². The number of hydrogen-bond acceptors (Lipinski definition) is 4. The molecule has 0 fully saturated rings. The molecular weight excluding hydrogens is 254 g/mol. The van der Waals surface area contributed by atoms with Crippen molar-refractivity contribution in [1.29, 1.82) is 0 Å². The monoisotopic (exact) mass is 269 g/mol. The van der Waals surface area contributed by atoms with Gasteiger partial charge in [0.2, 0.25) is 0 Å². The van der Waals surface area contributed by atoms with E-state index in [0.29, 0.717) is 22.6 Å². The molecule has 4 nitrogen and oxygen atoms in total. The number of aliphatic hydroxyl groups excluding tert-OH is 1. The fraction of sp³-hybridized carbons (Fsp3) is 0.250. The van der Waals surface area contributed by atoms with Crippen molar-refractivity contribution in [2.75, 3.05) is 0 Å². The van der Waals surface area contributed by atoms with Gasteiger partial charge < -0.3 is 9.52 Å². The number of nitrogens with zero attached hydrogens (tertiary/aromatic N) is 1. The molecule has 1 aromatic carbocycles. The van der Waals surface area contributed by atoms with Crippen LogP contribution in [0.5, 0.6) is 0 Å². The first kappa shape index (κ1) is 12.7. The lowest BCUT2D eigenvalue weighted by molar-refractivity contribution is 0.401. The van der Waals surface area contributed by atoms with E-state index in [2.05, 4.69) is 5.18 Å². The lowest BCUT2D eigenvalue weighted by Gasteiger charge is -2.21. The summed E-state index contributed by atoms with van der Waals surface area (Å²) in [6, 6.07) is 9.37. The van der Waals surface area contributed by atoms with Crippen LogP contribution in [0, 0.1) is 10.3 Å². The second-order valence-corrected chi connectivity index (χ2v) is 5.74. The normalized spacial score (nSPS) is 16.4. The predicted octanol–water partition coefficient (Wildman–Crippen LogP) is 3.22. The summed E-state index contributed by atoms with van der Waals surface area (Å²) in [6.07, 6.45) is 2.45. The van der Waals surface area contributed by atoms with Crippen molar-refractivity contribution in [1.82, 2.24) is 0 Å². The molecule has 0 radical (unpaired) electrons.